The van der Waals surface area contributed by atoms with Gasteiger partial charge < -0.3 is 0 Å². The Hall–Kier alpha value is -12.0. The molecule has 21 rings (SSSR count). The van der Waals surface area contributed by atoms with Gasteiger partial charge in [-0.2, -0.15) is 0 Å². The molecule has 0 N–H and O–H groups in total. The molecule has 0 bridgehead atoms. The molecule has 0 radical (unpaired) electrons. The predicted octanol–water partition coefficient (Wildman–Crippen LogP) is 22.3. The van der Waals surface area contributed by atoms with Crippen LogP contribution in [0.5, 0.6) is 0 Å². The summed E-state index contributed by atoms with van der Waals surface area (Å²) in [6.45, 7) is 0. The van der Waals surface area contributed by atoms with Crippen LogP contribution in [0.25, 0.3) is 120 Å². The van der Waals surface area contributed by atoms with Gasteiger partial charge >= 0.3 is 0 Å². The van der Waals surface area contributed by atoms with Crippen LogP contribution in [-0.4, -0.2) is 91.0 Å². The number of imide groups is 4. The summed E-state index contributed by atoms with van der Waals surface area (Å²) in [5.41, 5.74) is 15.0. The Balaban J connectivity index is 0.000000144. The first kappa shape index (κ1) is 67.3. The largest absolute Gasteiger partial charge is 0.271 e. The van der Waals surface area contributed by atoms with Crippen molar-refractivity contribution in [1.82, 2.24) is 19.6 Å². The van der Waals surface area contributed by atoms with Gasteiger partial charge in [0, 0.05) is 90.2 Å². The van der Waals surface area contributed by atoms with Crippen LogP contribution >= 0.6 is 0 Å². The summed E-state index contributed by atoms with van der Waals surface area (Å²) in [4.78, 5) is 118. The topological polar surface area (TPSA) is 150 Å². The fraction of sp³-hybridized carbons (Fsp3) is 0.245. The molecule has 0 atom stereocenters. The molecule has 110 heavy (non-hydrogen) atoms. The zero-order chi connectivity index (χ0) is 74.2. The third-order valence-corrected chi connectivity index (χ3v) is 25.7. The summed E-state index contributed by atoms with van der Waals surface area (Å²) < 4.78 is 0. The fourth-order valence-electron chi connectivity index (χ4n) is 20.5. The number of benzene rings is 13. The van der Waals surface area contributed by atoms with Gasteiger partial charge in [0.2, 0.25) is 0 Å². The minimum Gasteiger partial charge on any atom is -0.271 e. The quantitative estimate of drug-likeness (QED) is 0.102. The van der Waals surface area contributed by atoms with E-state index in [1.165, 1.54) is 9.80 Å². The number of amides is 8. The Morgan fingerprint density at radius 3 is 0.609 bits per heavy atom. The zero-order valence-electron chi connectivity index (χ0n) is 61.3. The van der Waals surface area contributed by atoms with E-state index in [4.69, 9.17) is 0 Å². The van der Waals surface area contributed by atoms with Crippen molar-refractivity contribution in [2.24, 2.45) is 0 Å². The third-order valence-electron chi connectivity index (χ3n) is 25.7. The minimum absolute atomic E-state index is 0.0234. The van der Waals surface area contributed by atoms with E-state index in [9.17, 15) is 38.4 Å². The molecule has 0 aromatic heterocycles. The first-order chi connectivity index (χ1) is 54.0. The van der Waals surface area contributed by atoms with E-state index >= 15 is 0 Å². The molecule has 8 aliphatic rings. The van der Waals surface area contributed by atoms with E-state index in [0.29, 0.717) is 44.5 Å². The predicted molar refractivity (Wildman–Crippen MR) is 435 cm³/mol. The summed E-state index contributed by atoms with van der Waals surface area (Å²) in [6.07, 6.45) is 19.9. The van der Waals surface area contributed by atoms with Crippen LogP contribution in [0.15, 0.2) is 218 Å². The van der Waals surface area contributed by atoms with Crippen molar-refractivity contribution in [2.75, 3.05) is 0 Å². The van der Waals surface area contributed by atoms with Crippen LogP contribution in [0.2, 0.25) is 0 Å². The van der Waals surface area contributed by atoms with Crippen LogP contribution in [0.3, 0.4) is 0 Å². The third kappa shape index (κ3) is 10.6. The summed E-state index contributed by atoms with van der Waals surface area (Å²) in [5, 5.41) is 10.7. The molecule has 0 saturated heterocycles. The minimum atomic E-state index is -0.191. The number of hydrogen-bond donors (Lipinski definition) is 0. The van der Waals surface area contributed by atoms with Crippen molar-refractivity contribution in [3.63, 3.8) is 0 Å². The lowest BCUT2D eigenvalue weighted by atomic mass is 9.81. The number of carbonyl (C=O) groups is 8. The second-order valence-corrected chi connectivity index (χ2v) is 31.6. The van der Waals surface area contributed by atoms with E-state index in [1.54, 1.807) is 9.80 Å². The van der Waals surface area contributed by atoms with Crippen LogP contribution in [0, 0.1) is 0 Å². The highest BCUT2D eigenvalue weighted by Gasteiger charge is 2.43. The first-order valence-corrected chi connectivity index (χ1v) is 39.9. The van der Waals surface area contributed by atoms with E-state index in [2.05, 4.69) is 109 Å². The van der Waals surface area contributed by atoms with Gasteiger partial charge in [0.15, 0.2) is 0 Å². The van der Waals surface area contributed by atoms with Gasteiger partial charge in [-0.25, -0.2) is 0 Å². The Morgan fingerprint density at radius 1 is 0.173 bits per heavy atom. The molecule has 4 aliphatic heterocycles. The maximum Gasteiger partial charge on any atom is 0.261 e. The zero-order valence-corrected chi connectivity index (χ0v) is 61.3. The lowest BCUT2D eigenvalue weighted by Gasteiger charge is -2.36. The van der Waals surface area contributed by atoms with E-state index in [1.807, 2.05) is 109 Å². The van der Waals surface area contributed by atoms with E-state index in [-0.39, 0.29) is 71.4 Å². The first-order valence-electron chi connectivity index (χ1n) is 39.9. The maximum atomic E-state index is 14.2. The second kappa shape index (κ2) is 27.0. The molecule has 12 heteroatoms. The number of carbonyl (C=O) groups excluding carboxylic acids is 8. The van der Waals surface area contributed by atoms with Crippen LogP contribution in [0.4, 0.5) is 0 Å². The average Bonchev–Trinajstić information content (AvgIpc) is 0.719. The van der Waals surface area contributed by atoms with Crippen molar-refractivity contribution in [1.29, 1.82) is 0 Å². The van der Waals surface area contributed by atoms with Gasteiger partial charge in [-0.3, -0.25) is 58.0 Å². The molecular weight excluding hydrogens is 1360 g/mol. The molecule has 13 aromatic rings. The maximum absolute atomic E-state index is 14.2. The van der Waals surface area contributed by atoms with Crippen molar-refractivity contribution in [3.05, 3.63) is 263 Å². The number of fused-ring (bicyclic) bond motifs is 2. The molecule has 13 aromatic carbocycles. The van der Waals surface area contributed by atoms with Crippen molar-refractivity contribution < 1.29 is 38.4 Å². The van der Waals surface area contributed by atoms with E-state index < -0.39 is 0 Å². The Labute approximate surface area is 637 Å². The van der Waals surface area contributed by atoms with Crippen molar-refractivity contribution in [3.8, 4) is 55.6 Å². The highest BCUT2D eigenvalue weighted by atomic mass is 16.2. The molecule has 4 saturated carbocycles. The smallest absolute Gasteiger partial charge is 0.261 e. The molecule has 540 valence electrons. The molecule has 0 unspecified atom stereocenters. The van der Waals surface area contributed by atoms with Crippen LogP contribution in [-0.2, 0) is 0 Å². The number of nitrogens with zero attached hydrogens (tertiary/aromatic N) is 4. The molecule has 4 heterocycles. The molecule has 12 nitrogen and oxygen atoms in total. The standard InChI is InChI=1S/C50H40N2O4.C48H40N2O4/c53-47-39-23-11-21-35-37(25-27-41(45(35)39)49(55)51(47)29-13-3-1-4-14-29)43-31-17-7-9-19-33(31)44(34-20-10-8-18-32(34)43)38-26-28-42-46-36(38)22-12-24-40(46)48(54)52(50(42)56)30-15-5-2-6-16-30;51-45-39-15-7-13-37-35(25-27-41(43(37)39)47(53)49(45)33-9-3-1-4-10-33)31-21-17-29(18-22-31)30-19-23-32(24-20-30)36-26-28-42-44-38(36)14-8-16-40(44)46(52)50(48(42)54)34-11-5-2-6-12-34/h7-12,17-30H,1-6,13-16H2;7-8,13-28,33-34H,1-6,9-12H2. The summed E-state index contributed by atoms with van der Waals surface area (Å²) in [5.74, 6) is -1.44. The lowest BCUT2D eigenvalue weighted by molar-refractivity contribution is 0.0487. The van der Waals surface area contributed by atoms with Gasteiger partial charge in [0.1, 0.15) is 0 Å². The normalized spacial score (nSPS) is 17.9. The Bertz CT molecular complexity index is 5650. The van der Waals surface area contributed by atoms with Gasteiger partial charge in [0.25, 0.3) is 47.3 Å². The highest BCUT2D eigenvalue weighted by Crippen LogP contribution is 2.51. The number of rotatable bonds is 9. The summed E-state index contributed by atoms with van der Waals surface area (Å²) in [7, 11) is 0. The van der Waals surface area contributed by atoms with Crippen LogP contribution < -0.4 is 0 Å². The van der Waals surface area contributed by atoms with Gasteiger partial charge in [0.05, 0.1) is 0 Å². The number of hydrogen-bond acceptors (Lipinski definition) is 8. The van der Waals surface area contributed by atoms with Gasteiger partial charge in [-0.05, 0) is 199 Å². The summed E-state index contributed by atoms with van der Waals surface area (Å²) >= 11 is 0. The molecular formula is C98H80N4O8. The highest BCUT2D eigenvalue weighted by molar-refractivity contribution is 6.33. The van der Waals surface area contributed by atoms with Crippen molar-refractivity contribution >= 4 is 112 Å². The Kier molecular flexibility index (Phi) is 16.5. The van der Waals surface area contributed by atoms with Crippen LogP contribution in [0.1, 0.15) is 211 Å². The molecule has 0 spiro atoms. The van der Waals surface area contributed by atoms with Crippen molar-refractivity contribution in [2.45, 2.75) is 153 Å². The van der Waals surface area contributed by atoms with E-state index in [0.717, 1.165) is 249 Å². The summed E-state index contributed by atoms with van der Waals surface area (Å²) in [6, 6.07) is 72.7. The molecule has 4 aliphatic carbocycles. The molecule has 8 amide bonds. The lowest BCUT2D eigenvalue weighted by Crippen LogP contribution is -2.47. The fourth-order valence-corrected chi connectivity index (χ4v) is 20.5. The Morgan fingerprint density at radius 2 is 0.364 bits per heavy atom. The molecule has 4 fully saturated rings. The average molecular weight is 1440 g/mol. The van der Waals surface area contributed by atoms with Gasteiger partial charge in [-0.1, -0.05) is 247 Å². The SMILES string of the molecule is O=C1c2cccc3c(-c4c5ccccc5c(-c5ccc6c7c(cccc57)C(=O)N(C5CCCCC5)C6=O)c5ccccc45)ccc(c23)C(=O)N1C1CCCCC1.O=C1c2cccc3c(-c4ccc(-c5ccc(-c6ccc7c8c(cccc68)C(=O)N(C6CCCCC6)C7=O)cc5)cc4)ccc(c23)C(=O)N1C1CCCCC1. The second-order valence-electron chi connectivity index (χ2n) is 31.6. The van der Waals surface area contributed by atoms with Gasteiger partial charge in [-0.15, -0.1) is 0 Å². The monoisotopic (exact) mass is 1440 g/mol.